The molecule has 1 aromatic heterocycles. The van der Waals surface area contributed by atoms with Crippen LogP contribution in [0.4, 0.5) is 5.82 Å². The molecule has 1 heterocycles. The first kappa shape index (κ1) is 9.14. The van der Waals surface area contributed by atoms with Crippen LogP contribution in [0.5, 0.6) is 0 Å². The highest BCUT2D eigenvalue weighted by Gasteiger charge is 2.58. The van der Waals surface area contributed by atoms with Gasteiger partial charge in [0.2, 0.25) is 0 Å². The molecular formula is C8H12N4O2. The van der Waals surface area contributed by atoms with Crippen LogP contribution in [0.15, 0.2) is 6.20 Å². The number of aromatic amines is 1. The van der Waals surface area contributed by atoms with Crippen molar-refractivity contribution in [1.82, 2.24) is 10.2 Å². The number of rotatable bonds is 2. The summed E-state index contributed by atoms with van der Waals surface area (Å²) >= 11 is 0. The van der Waals surface area contributed by atoms with Gasteiger partial charge in [-0.15, -0.1) is 5.10 Å². The van der Waals surface area contributed by atoms with E-state index >= 15 is 0 Å². The van der Waals surface area contributed by atoms with Gasteiger partial charge in [0.25, 0.3) is 0 Å². The zero-order chi connectivity index (χ0) is 10.5. The maximum Gasteiger partial charge on any atom is 0.346 e. The van der Waals surface area contributed by atoms with E-state index in [4.69, 9.17) is 5.73 Å². The minimum absolute atomic E-state index is 0.0150. The van der Waals surface area contributed by atoms with Gasteiger partial charge in [0, 0.05) is 12.0 Å². The Bertz CT molecular complexity index is 384. The number of nitrogens with one attached hydrogen (secondary N) is 1. The van der Waals surface area contributed by atoms with Gasteiger partial charge in [0.05, 0.1) is 11.8 Å². The molecule has 2 atom stereocenters. The summed E-state index contributed by atoms with van der Waals surface area (Å²) in [6.07, 6.45) is 1.50. The predicted octanol–water partition coefficient (Wildman–Crippen LogP) is 0.769. The van der Waals surface area contributed by atoms with Crippen molar-refractivity contribution in [2.75, 3.05) is 0 Å². The number of hydrogen-bond donors (Lipinski definition) is 2. The minimum atomic E-state index is -0.455. The second kappa shape index (κ2) is 2.54. The van der Waals surface area contributed by atoms with Crippen molar-refractivity contribution < 1.29 is 4.92 Å². The van der Waals surface area contributed by atoms with Gasteiger partial charge in [-0.2, -0.15) is 0 Å². The smallest absolute Gasteiger partial charge is 0.346 e. The first-order valence-corrected chi connectivity index (χ1v) is 4.39. The third kappa shape index (κ3) is 1.04. The van der Waals surface area contributed by atoms with Crippen molar-refractivity contribution in [3.05, 3.63) is 21.9 Å². The quantitative estimate of drug-likeness (QED) is 0.539. The van der Waals surface area contributed by atoms with Crippen LogP contribution >= 0.6 is 0 Å². The molecule has 0 aliphatic heterocycles. The van der Waals surface area contributed by atoms with Crippen LogP contribution in [0, 0.1) is 15.5 Å². The number of hydrogen-bond acceptors (Lipinski definition) is 4. The summed E-state index contributed by atoms with van der Waals surface area (Å²) in [5.74, 6) is 0.0117. The SMILES string of the molecule is CC1(C)C(N)C1c1cn[nH]c1[N+](=O)[O-]. The number of nitro groups is 1. The van der Waals surface area contributed by atoms with Crippen molar-refractivity contribution in [2.45, 2.75) is 25.8 Å². The second-order valence-corrected chi connectivity index (χ2v) is 4.26. The van der Waals surface area contributed by atoms with Gasteiger partial charge in [0.15, 0.2) is 0 Å². The fourth-order valence-corrected chi connectivity index (χ4v) is 1.93. The molecule has 0 bridgehead atoms. The monoisotopic (exact) mass is 196 g/mol. The van der Waals surface area contributed by atoms with Crippen LogP contribution in [0.25, 0.3) is 0 Å². The van der Waals surface area contributed by atoms with Crippen molar-refractivity contribution in [2.24, 2.45) is 11.1 Å². The Kier molecular flexibility index (Phi) is 1.66. The first-order valence-electron chi connectivity index (χ1n) is 4.39. The molecule has 1 fully saturated rings. The molecule has 3 N–H and O–H groups in total. The molecule has 6 heteroatoms. The van der Waals surface area contributed by atoms with Gasteiger partial charge >= 0.3 is 5.82 Å². The molecular weight excluding hydrogens is 184 g/mol. The highest BCUT2D eigenvalue weighted by Crippen LogP contribution is 2.58. The van der Waals surface area contributed by atoms with Crippen molar-refractivity contribution in [3.63, 3.8) is 0 Å². The molecule has 0 radical (unpaired) electrons. The van der Waals surface area contributed by atoms with Crippen LogP contribution in [-0.2, 0) is 0 Å². The number of H-pyrrole nitrogens is 1. The maximum absolute atomic E-state index is 10.6. The van der Waals surface area contributed by atoms with Crippen molar-refractivity contribution >= 4 is 5.82 Å². The Labute approximate surface area is 80.6 Å². The third-order valence-corrected chi connectivity index (χ3v) is 3.08. The Morgan fingerprint density at radius 3 is 2.71 bits per heavy atom. The molecule has 14 heavy (non-hydrogen) atoms. The zero-order valence-electron chi connectivity index (χ0n) is 8.02. The number of aromatic nitrogens is 2. The van der Waals surface area contributed by atoms with E-state index in [9.17, 15) is 10.1 Å². The van der Waals surface area contributed by atoms with Gasteiger partial charge in [-0.25, -0.2) is 0 Å². The molecule has 2 rings (SSSR count). The summed E-state index contributed by atoms with van der Waals surface area (Å²) in [6, 6.07) is -0.0150. The van der Waals surface area contributed by atoms with E-state index in [1.54, 1.807) is 0 Å². The Morgan fingerprint density at radius 1 is 1.71 bits per heavy atom. The number of nitrogens with zero attached hydrogens (tertiary/aromatic N) is 2. The molecule has 1 saturated carbocycles. The van der Waals surface area contributed by atoms with E-state index < -0.39 is 4.92 Å². The van der Waals surface area contributed by atoms with E-state index in [1.807, 2.05) is 13.8 Å². The van der Waals surface area contributed by atoms with Crippen LogP contribution in [0.3, 0.4) is 0 Å². The van der Waals surface area contributed by atoms with Crippen LogP contribution in [0.2, 0.25) is 0 Å². The molecule has 0 aromatic carbocycles. The molecule has 76 valence electrons. The first-order chi connectivity index (χ1) is 6.46. The van der Waals surface area contributed by atoms with Crippen LogP contribution in [0.1, 0.15) is 25.3 Å². The minimum Gasteiger partial charge on any atom is -0.358 e. The highest BCUT2D eigenvalue weighted by molar-refractivity contribution is 5.42. The molecule has 0 saturated heterocycles. The largest absolute Gasteiger partial charge is 0.358 e. The molecule has 0 spiro atoms. The molecule has 2 unspecified atom stereocenters. The highest BCUT2D eigenvalue weighted by atomic mass is 16.6. The van der Waals surface area contributed by atoms with E-state index in [1.165, 1.54) is 6.20 Å². The summed E-state index contributed by atoms with van der Waals surface area (Å²) < 4.78 is 0. The molecule has 1 aromatic rings. The molecule has 6 nitrogen and oxygen atoms in total. The normalized spacial score (nSPS) is 28.8. The van der Waals surface area contributed by atoms with Crippen molar-refractivity contribution in [3.8, 4) is 0 Å². The fraction of sp³-hybridized carbons (Fsp3) is 0.625. The predicted molar refractivity (Wildman–Crippen MR) is 49.7 cm³/mol. The Hall–Kier alpha value is -1.43. The van der Waals surface area contributed by atoms with E-state index in [0.717, 1.165) is 0 Å². The molecule has 1 aliphatic carbocycles. The van der Waals surface area contributed by atoms with E-state index in [-0.39, 0.29) is 23.2 Å². The summed E-state index contributed by atoms with van der Waals surface area (Å²) in [4.78, 5) is 10.2. The lowest BCUT2D eigenvalue weighted by molar-refractivity contribution is -0.390. The fourth-order valence-electron chi connectivity index (χ4n) is 1.93. The lowest BCUT2D eigenvalue weighted by Gasteiger charge is -1.99. The van der Waals surface area contributed by atoms with Gasteiger partial charge in [-0.3, -0.25) is 0 Å². The summed E-state index contributed by atoms with van der Waals surface area (Å²) in [5, 5.41) is 16.7. The van der Waals surface area contributed by atoms with Gasteiger partial charge in [-0.05, 0) is 10.3 Å². The Morgan fingerprint density at radius 2 is 2.29 bits per heavy atom. The van der Waals surface area contributed by atoms with Crippen molar-refractivity contribution in [1.29, 1.82) is 0 Å². The maximum atomic E-state index is 10.6. The summed E-state index contributed by atoms with van der Waals surface area (Å²) in [7, 11) is 0. The third-order valence-electron chi connectivity index (χ3n) is 3.08. The Balaban J connectivity index is 2.35. The van der Waals surface area contributed by atoms with E-state index in [0.29, 0.717) is 5.56 Å². The van der Waals surface area contributed by atoms with Gasteiger partial charge in [-0.1, -0.05) is 18.9 Å². The van der Waals surface area contributed by atoms with Crippen LogP contribution < -0.4 is 5.73 Å². The average Bonchev–Trinajstić information content (AvgIpc) is 2.54. The lowest BCUT2D eigenvalue weighted by atomic mass is 10.1. The number of nitrogens with two attached hydrogens (primary N) is 1. The van der Waals surface area contributed by atoms with Gasteiger partial charge in [0.1, 0.15) is 0 Å². The summed E-state index contributed by atoms with van der Waals surface area (Å²) in [6.45, 7) is 4.00. The van der Waals surface area contributed by atoms with Gasteiger partial charge < -0.3 is 15.8 Å². The lowest BCUT2D eigenvalue weighted by Crippen LogP contribution is -2.06. The van der Waals surface area contributed by atoms with E-state index in [2.05, 4.69) is 10.2 Å². The molecule has 1 aliphatic rings. The standard InChI is InChI=1S/C8H12N4O2/c1-8(2)5(6(8)9)4-3-10-11-7(4)12(13)14/h3,5-6H,9H2,1-2H3,(H,10,11). The average molecular weight is 196 g/mol. The zero-order valence-corrected chi connectivity index (χ0v) is 8.02. The second-order valence-electron chi connectivity index (χ2n) is 4.26. The summed E-state index contributed by atoms with van der Waals surface area (Å²) in [5.41, 5.74) is 6.40. The topological polar surface area (TPSA) is 97.8 Å². The van der Waals surface area contributed by atoms with Crippen LogP contribution in [-0.4, -0.2) is 21.2 Å². The molecule has 0 amide bonds.